The van der Waals surface area contributed by atoms with Crippen molar-refractivity contribution in [1.29, 1.82) is 0 Å². The molecule has 1 unspecified atom stereocenters. The van der Waals surface area contributed by atoms with Crippen molar-refractivity contribution in [2.45, 2.75) is 31.3 Å². The molecule has 1 aromatic rings. The Morgan fingerprint density at radius 1 is 1.38 bits per heavy atom. The predicted molar refractivity (Wildman–Crippen MR) is 78.6 cm³/mol. The van der Waals surface area contributed by atoms with E-state index >= 15 is 0 Å². The second kappa shape index (κ2) is 5.61. The third-order valence-corrected chi connectivity index (χ3v) is 4.25. The van der Waals surface area contributed by atoms with Crippen LogP contribution in [0.3, 0.4) is 0 Å². The lowest BCUT2D eigenvalue weighted by molar-refractivity contribution is -0.385. The number of amides is 1. The Labute approximate surface area is 127 Å². The summed E-state index contributed by atoms with van der Waals surface area (Å²) in [6, 6.07) is 4.76. The third kappa shape index (κ3) is 3.16. The highest BCUT2D eigenvalue weighted by Gasteiger charge is 2.35. The van der Waals surface area contributed by atoms with Crippen LogP contribution in [-0.4, -0.2) is 40.9 Å². The van der Waals surface area contributed by atoms with Gasteiger partial charge in [0.25, 0.3) is 11.6 Å². The van der Waals surface area contributed by atoms with Gasteiger partial charge in [0, 0.05) is 36.3 Å². The molecule has 112 valence electrons. The molecular formula is C14H16ClN3O3. The fourth-order valence-corrected chi connectivity index (χ4v) is 2.96. The highest BCUT2D eigenvalue weighted by molar-refractivity contribution is 6.31. The van der Waals surface area contributed by atoms with Crippen molar-refractivity contribution in [3.63, 3.8) is 0 Å². The van der Waals surface area contributed by atoms with E-state index in [4.69, 9.17) is 11.6 Å². The highest BCUT2D eigenvalue weighted by Crippen LogP contribution is 2.30. The molecule has 1 saturated heterocycles. The molecule has 6 nitrogen and oxygen atoms in total. The van der Waals surface area contributed by atoms with Crippen molar-refractivity contribution >= 4 is 23.2 Å². The van der Waals surface area contributed by atoms with E-state index < -0.39 is 10.8 Å². The number of nitrogens with zero attached hydrogens (tertiary/aromatic N) is 2. The number of halogens is 1. The number of nitrogens with one attached hydrogen (secondary N) is 1. The second-order valence-electron chi connectivity index (χ2n) is 5.60. The monoisotopic (exact) mass is 309 g/mol. The lowest BCUT2D eigenvalue weighted by Gasteiger charge is -2.15. The maximum atomic E-state index is 12.3. The molecule has 1 amide bonds. The summed E-state index contributed by atoms with van der Waals surface area (Å²) in [5.74, 6) is -0.424. The molecular weight excluding hydrogens is 294 g/mol. The van der Waals surface area contributed by atoms with Crippen LogP contribution in [0.25, 0.3) is 0 Å². The Kier molecular flexibility index (Phi) is 3.82. The first-order chi connectivity index (χ1) is 10.0. The van der Waals surface area contributed by atoms with Gasteiger partial charge in [-0.2, -0.15) is 0 Å². The number of rotatable bonds is 4. The minimum Gasteiger partial charge on any atom is -0.348 e. The Hall–Kier alpha value is -1.66. The number of hydrogen-bond acceptors (Lipinski definition) is 4. The van der Waals surface area contributed by atoms with E-state index in [1.807, 2.05) is 0 Å². The molecule has 7 heteroatoms. The zero-order valence-corrected chi connectivity index (χ0v) is 12.2. The average molecular weight is 310 g/mol. The fourth-order valence-electron chi connectivity index (χ4n) is 2.79. The van der Waals surface area contributed by atoms with Gasteiger partial charge in [0.2, 0.25) is 0 Å². The number of hydrogen-bond donors (Lipinski definition) is 1. The molecule has 2 aliphatic rings. The van der Waals surface area contributed by atoms with Crippen LogP contribution in [0.5, 0.6) is 0 Å². The van der Waals surface area contributed by atoms with Crippen molar-refractivity contribution in [3.05, 3.63) is 38.9 Å². The minimum atomic E-state index is -0.559. The van der Waals surface area contributed by atoms with Crippen molar-refractivity contribution in [2.24, 2.45) is 0 Å². The van der Waals surface area contributed by atoms with E-state index in [9.17, 15) is 14.9 Å². The predicted octanol–water partition coefficient (Wildman–Crippen LogP) is 2.21. The topological polar surface area (TPSA) is 75.5 Å². The quantitative estimate of drug-likeness (QED) is 0.683. The van der Waals surface area contributed by atoms with Gasteiger partial charge in [-0.1, -0.05) is 11.6 Å². The number of carbonyl (C=O) groups is 1. The summed E-state index contributed by atoms with van der Waals surface area (Å²) >= 11 is 5.84. The SMILES string of the molecule is O=C(NC1CCN(C2CC2)C1)c1cc(Cl)ccc1[N+](=O)[O-]. The summed E-state index contributed by atoms with van der Waals surface area (Å²) in [7, 11) is 0. The van der Waals surface area contributed by atoms with Crippen LogP contribution in [0.2, 0.25) is 5.02 Å². The molecule has 0 radical (unpaired) electrons. The van der Waals surface area contributed by atoms with Crippen LogP contribution in [0.4, 0.5) is 5.69 Å². The van der Waals surface area contributed by atoms with Gasteiger partial charge in [0.05, 0.1) is 4.92 Å². The lowest BCUT2D eigenvalue weighted by Crippen LogP contribution is -2.37. The molecule has 0 spiro atoms. The Bertz CT molecular complexity index is 589. The minimum absolute atomic E-state index is 0.0253. The van der Waals surface area contributed by atoms with Crippen molar-refractivity contribution in [3.8, 4) is 0 Å². The van der Waals surface area contributed by atoms with Crippen LogP contribution < -0.4 is 5.32 Å². The molecule has 1 N–H and O–H groups in total. The largest absolute Gasteiger partial charge is 0.348 e. The van der Waals surface area contributed by atoms with Gasteiger partial charge in [0.15, 0.2) is 0 Å². The molecule has 0 aromatic heterocycles. The number of likely N-dealkylation sites (tertiary alicyclic amines) is 1. The molecule has 3 rings (SSSR count). The standard InChI is InChI=1S/C14H16ClN3O3/c15-9-1-4-13(18(20)21)12(7-9)14(19)16-10-5-6-17(8-10)11-2-3-11/h1,4,7,10-11H,2-3,5-6,8H2,(H,16,19). The summed E-state index contributed by atoms with van der Waals surface area (Å²) in [4.78, 5) is 25.1. The van der Waals surface area contributed by atoms with Crippen LogP contribution in [0, 0.1) is 10.1 Å². The molecule has 1 heterocycles. The van der Waals surface area contributed by atoms with E-state index in [0.29, 0.717) is 11.1 Å². The molecule has 1 aromatic carbocycles. The molecule has 21 heavy (non-hydrogen) atoms. The summed E-state index contributed by atoms with van der Waals surface area (Å²) in [5.41, 5.74) is -0.189. The number of nitro groups is 1. The first kappa shape index (κ1) is 14.3. The van der Waals surface area contributed by atoms with Crippen LogP contribution in [0.15, 0.2) is 18.2 Å². The Morgan fingerprint density at radius 3 is 2.81 bits per heavy atom. The molecule has 1 aliphatic carbocycles. The van der Waals surface area contributed by atoms with E-state index in [2.05, 4.69) is 10.2 Å². The van der Waals surface area contributed by atoms with Crippen LogP contribution >= 0.6 is 11.6 Å². The van der Waals surface area contributed by atoms with Gasteiger partial charge >= 0.3 is 0 Å². The number of nitro benzene ring substituents is 1. The molecule has 1 atom stereocenters. The van der Waals surface area contributed by atoms with Gasteiger partial charge in [-0.25, -0.2) is 0 Å². The van der Waals surface area contributed by atoms with Crippen molar-refractivity contribution in [1.82, 2.24) is 10.2 Å². The molecule has 0 bridgehead atoms. The van der Waals surface area contributed by atoms with Gasteiger partial charge in [0.1, 0.15) is 5.56 Å². The first-order valence-electron chi connectivity index (χ1n) is 7.03. The lowest BCUT2D eigenvalue weighted by atomic mass is 10.1. The maximum absolute atomic E-state index is 12.3. The summed E-state index contributed by atoms with van der Waals surface area (Å²) in [6.45, 7) is 1.80. The molecule has 1 saturated carbocycles. The average Bonchev–Trinajstić information content (AvgIpc) is 3.19. The maximum Gasteiger partial charge on any atom is 0.282 e. The van der Waals surface area contributed by atoms with Gasteiger partial charge < -0.3 is 5.32 Å². The van der Waals surface area contributed by atoms with Crippen molar-refractivity contribution in [2.75, 3.05) is 13.1 Å². The first-order valence-corrected chi connectivity index (χ1v) is 7.41. The Balaban J connectivity index is 1.70. The van der Waals surface area contributed by atoms with Gasteiger partial charge in [-0.3, -0.25) is 19.8 Å². The van der Waals surface area contributed by atoms with E-state index in [-0.39, 0.29) is 17.3 Å². The van der Waals surface area contributed by atoms with Crippen LogP contribution in [-0.2, 0) is 0 Å². The molecule has 1 aliphatic heterocycles. The van der Waals surface area contributed by atoms with Gasteiger partial charge in [-0.15, -0.1) is 0 Å². The number of carbonyl (C=O) groups excluding carboxylic acids is 1. The molecule has 2 fully saturated rings. The van der Waals surface area contributed by atoms with Crippen LogP contribution in [0.1, 0.15) is 29.6 Å². The summed E-state index contributed by atoms with van der Waals surface area (Å²) in [6.07, 6.45) is 3.36. The normalized spacial score (nSPS) is 22.2. The van der Waals surface area contributed by atoms with E-state index in [0.717, 1.165) is 19.5 Å². The third-order valence-electron chi connectivity index (χ3n) is 4.02. The number of benzene rings is 1. The second-order valence-corrected chi connectivity index (χ2v) is 6.04. The zero-order chi connectivity index (χ0) is 15.0. The smallest absolute Gasteiger partial charge is 0.282 e. The fraction of sp³-hybridized carbons (Fsp3) is 0.500. The zero-order valence-electron chi connectivity index (χ0n) is 11.4. The van der Waals surface area contributed by atoms with Gasteiger partial charge in [-0.05, 0) is 31.4 Å². The van der Waals surface area contributed by atoms with E-state index in [1.165, 1.54) is 31.0 Å². The van der Waals surface area contributed by atoms with Crippen molar-refractivity contribution < 1.29 is 9.72 Å². The summed E-state index contributed by atoms with van der Waals surface area (Å²) in [5, 5.41) is 14.2. The Morgan fingerprint density at radius 2 is 2.14 bits per heavy atom. The summed E-state index contributed by atoms with van der Waals surface area (Å²) < 4.78 is 0. The van der Waals surface area contributed by atoms with E-state index in [1.54, 1.807) is 0 Å². The highest BCUT2D eigenvalue weighted by atomic mass is 35.5.